The molecule has 0 aliphatic heterocycles. The normalized spacial score (nSPS) is 11.9. The van der Waals surface area contributed by atoms with Crippen molar-refractivity contribution in [3.8, 4) is 0 Å². The number of esters is 1. The fraction of sp³-hybridized carbons (Fsp3) is 0.583. The van der Waals surface area contributed by atoms with E-state index in [2.05, 4.69) is 14.8 Å². The lowest BCUT2D eigenvalue weighted by molar-refractivity contribution is -0.137. The summed E-state index contributed by atoms with van der Waals surface area (Å²) in [4.78, 5) is 33.4. The van der Waals surface area contributed by atoms with E-state index >= 15 is 0 Å². The van der Waals surface area contributed by atoms with E-state index in [0.29, 0.717) is 0 Å². The lowest BCUT2D eigenvalue weighted by Crippen LogP contribution is -2.34. The van der Waals surface area contributed by atoms with Crippen molar-refractivity contribution < 1.29 is 23.9 Å². The van der Waals surface area contributed by atoms with Gasteiger partial charge in [-0.15, -0.1) is 0 Å². The van der Waals surface area contributed by atoms with E-state index in [1.165, 1.54) is 0 Å². The molecule has 0 heterocycles. The number of carbonyl (C=O) groups is 3. The lowest BCUT2D eigenvalue weighted by Gasteiger charge is -2.11. The highest BCUT2D eigenvalue weighted by atomic mass is 16.5. The Morgan fingerprint density at radius 2 is 1.72 bits per heavy atom. The smallest absolute Gasteiger partial charge is 0.407 e. The van der Waals surface area contributed by atoms with Crippen LogP contribution in [0.15, 0.2) is 12.2 Å². The molecule has 102 valence electrons. The van der Waals surface area contributed by atoms with E-state index in [9.17, 15) is 14.4 Å². The monoisotopic (exact) mass is 257 g/mol. The maximum absolute atomic E-state index is 11.4. The van der Waals surface area contributed by atoms with Crippen LogP contribution in [0.25, 0.3) is 0 Å². The molecular weight excluding hydrogens is 238 g/mol. The molecule has 1 atom stereocenters. The fourth-order valence-electron chi connectivity index (χ4n) is 1.15. The van der Waals surface area contributed by atoms with Crippen LogP contribution in [0, 0.1) is 0 Å². The van der Waals surface area contributed by atoms with E-state index in [4.69, 9.17) is 0 Å². The predicted molar refractivity (Wildman–Crippen MR) is 65.0 cm³/mol. The molecule has 0 bridgehead atoms. The Morgan fingerprint density at radius 1 is 1.11 bits per heavy atom. The largest absolute Gasteiger partial charge is 0.463 e. The first-order valence-electron chi connectivity index (χ1n) is 5.80. The van der Waals surface area contributed by atoms with Gasteiger partial charge >= 0.3 is 12.1 Å². The third-order valence-corrected chi connectivity index (χ3v) is 1.84. The zero-order valence-corrected chi connectivity index (χ0v) is 10.9. The minimum absolute atomic E-state index is 0.0920. The molecule has 0 aliphatic rings. The van der Waals surface area contributed by atoms with Crippen molar-refractivity contribution in [2.24, 2.45) is 0 Å². The van der Waals surface area contributed by atoms with Crippen LogP contribution in [-0.4, -0.2) is 37.1 Å². The third-order valence-electron chi connectivity index (χ3n) is 1.84. The molecule has 18 heavy (non-hydrogen) atoms. The molecule has 0 unspecified atom stereocenters. The van der Waals surface area contributed by atoms with E-state index in [0.717, 1.165) is 12.2 Å². The first kappa shape index (κ1) is 16.1. The van der Waals surface area contributed by atoms with Crippen molar-refractivity contribution in [1.82, 2.24) is 5.32 Å². The van der Waals surface area contributed by atoms with E-state index < -0.39 is 12.1 Å². The molecule has 6 heteroatoms. The highest BCUT2D eigenvalue weighted by Gasteiger charge is 2.10. The number of amides is 1. The van der Waals surface area contributed by atoms with Crippen molar-refractivity contribution in [3.63, 3.8) is 0 Å². The maximum Gasteiger partial charge on any atom is 0.407 e. The van der Waals surface area contributed by atoms with Crippen LogP contribution in [0.3, 0.4) is 0 Å². The van der Waals surface area contributed by atoms with Gasteiger partial charge in [-0.05, 0) is 26.8 Å². The van der Waals surface area contributed by atoms with Gasteiger partial charge in [0.25, 0.3) is 0 Å². The number of carbonyl (C=O) groups excluding carboxylic acids is 3. The molecule has 0 saturated heterocycles. The standard InChI is InChI=1S/C12H19NO5/c1-4-17-11(15)7-6-10(14)8-9(3)13-12(16)18-5-2/h6-7,9H,4-5,8H2,1-3H3,(H,13,16)/b7-6+/t9-/m1/s1. The zero-order chi connectivity index (χ0) is 14.0. The Bertz CT molecular complexity index is 324. The second-order valence-corrected chi connectivity index (χ2v) is 3.52. The summed E-state index contributed by atoms with van der Waals surface area (Å²) in [5.41, 5.74) is 0. The van der Waals surface area contributed by atoms with Crippen molar-refractivity contribution >= 4 is 17.8 Å². The second kappa shape index (κ2) is 9.21. The predicted octanol–water partition coefficient (Wildman–Crippen LogP) is 1.20. The molecule has 1 N–H and O–H groups in total. The number of rotatable bonds is 7. The summed E-state index contributed by atoms with van der Waals surface area (Å²) in [5.74, 6) is -0.829. The number of allylic oxidation sites excluding steroid dienone is 1. The molecular formula is C12H19NO5. The van der Waals surface area contributed by atoms with Crippen LogP contribution in [0.2, 0.25) is 0 Å². The topological polar surface area (TPSA) is 81.7 Å². The van der Waals surface area contributed by atoms with Crippen molar-refractivity contribution in [2.45, 2.75) is 33.2 Å². The molecule has 0 rings (SSSR count). The minimum Gasteiger partial charge on any atom is -0.463 e. The average molecular weight is 257 g/mol. The quantitative estimate of drug-likeness (QED) is 0.547. The molecule has 0 aromatic heterocycles. The minimum atomic E-state index is -0.563. The average Bonchev–Trinajstić information content (AvgIpc) is 2.26. The highest BCUT2D eigenvalue weighted by molar-refractivity contribution is 5.96. The van der Waals surface area contributed by atoms with Gasteiger partial charge in [0, 0.05) is 18.5 Å². The van der Waals surface area contributed by atoms with E-state index in [1.54, 1.807) is 20.8 Å². The SMILES string of the molecule is CCOC(=O)/C=C/C(=O)C[C@@H](C)NC(=O)OCC. The van der Waals surface area contributed by atoms with Gasteiger partial charge in [-0.1, -0.05) is 0 Å². The van der Waals surface area contributed by atoms with Crippen molar-refractivity contribution in [2.75, 3.05) is 13.2 Å². The molecule has 0 radical (unpaired) electrons. The summed E-state index contributed by atoms with van der Waals surface area (Å²) in [5, 5.41) is 2.49. The van der Waals surface area contributed by atoms with E-state index in [-0.39, 0.29) is 31.5 Å². The lowest BCUT2D eigenvalue weighted by atomic mass is 10.1. The van der Waals surface area contributed by atoms with Crippen LogP contribution < -0.4 is 5.32 Å². The Labute approximate surface area is 106 Å². The highest BCUT2D eigenvalue weighted by Crippen LogP contribution is 1.95. The fourth-order valence-corrected chi connectivity index (χ4v) is 1.15. The van der Waals surface area contributed by atoms with Gasteiger partial charge in [0.05, 0.1) is 13.2 Å². The molecule has 0 fully saturated rings. The summed E-state index contributed by atoms with van der Waals surface area (Å²) < 4.78 is 9.30. The van der Waals surface area contributed by atoms with Gasteiger partial charge in [0.1, 0.15) is 0 Å². The summed E-state index contributed by atoms with van der Waals surface area (Å²) >= 11 is 0. The summed E-state index contributed by atoms with van der Waals surface area (Å²) in [6, 6.07) is -0.358. The summed E-state index contributed by atoms with van der Waals surface area (Å²) in [6.45, 7) is 5.58. The van der Waals surface area contributed by atoms with Gasteiger partial charge in [-0.3, -0.25) is 4.79 Å². The molecule has 0 aromatic rings. The number of nitrogens with one attached hydrogen (secondary N) is 1. The maximum atomic E-state index is 11.4. The Hall–Kier alpha value is -1.85. The first-order chi connectivity index (χ1) is 8.49. The Balaban J connectivity index is 4.00. The van der Waals surface area contributed by atoms with Crippen LogP contribution >= 0.6 is 0 Å². The molecule has 6 nitrogen and oxygen atoms in total. The van der Waals surface area contributed by atoms with Crippen LogP contribution in [0.4, 0.5) is 4.79 Å². The second-order valence-electron chi connectivity index (χ2n) is 3.52. The number of hydrogen-bond donors (Lipinski definition) is 1. The van der Waals surface area contributed by atoms with Crippen LogP contribution in [0.5, 0.6) is 0 Å². The van der Waals surface area contributed by atoms with Gasteiger partial charge in [0.15, 0.2) is 5.78 Å². The Kier molecular flexibility index (Phi) is 8.26. The first-order valence-corrected chi connectivity index (χ1v) is 5.80. The molecule has 0 spiro atoms. The number of ketones is 1. The number of alkyl carbamates (subject to hydrolysis) is 1. The number of hydrogen-bond acceptors (Lipinski definition) is 5. The van der Waals surface area contributed by atoms with Crippen molar-refractivity contribution in [1.29, 1.82) is 0 Å². The van der Waals surface area contributed by atoms with Gasteiger partial charge < -0.3 is 14.8 Å². The molecule has 0 aliphatic carbocycles. The number of ether oxygens (including phenoxy) is 2. The summed E-state index contributed by atoms with van der Waals surface area (Å²) in [6.07, 6.45) is 1.74. The van der Waals surface area contributed by atoms with E-state index in [1.807, 2.05) is 0 Å². The Morgan fingerprint density at radius 3 is 2.28 bits per heavy atom. The molecule has 0 aromatic carbocycles. The van der Waals surface area contributed by atoms with Crippen molar-refractivity contribution in [3.05, 3.63) is 12.2 Å². The third kappa shape index (κ3) is 8.32. The van der Waals surface area contributed by atoms with Gasteiger partial charge in [-0.2, -0.15) is 0 Å². The molecule has 0 saturated carbocycles. The zero-order valence-electron chi connectivity index (χ0n) is 10.9. The van der Waals surface area contributed by atoms with Gasteiger partial charge in [0.2, 0.25) is 0 Å². The van der Waals surface area contributed by atoms with Crippen LogP contribution in [0.1, 0.15) is 27.2 Å². The van der Waals surface area contributed by atoms with Crippen LogP contribution in [-0.2, 0) is 19.1 Å². The molecule has 1 amide bonds. The summed E-state index contributed by atoms with van der Waals surface area (Å²) in [7, 11) is 0. The van der Waals surface area contributed by atoms with Gasteiger partial charge in [-0.25, -0.2) is 9.59 Å².